The van der Waals surface area contributed by atoms with Gasteiger partial charge in [0.2, 0.25) is 5.91 Å². The van der Waals surface area contributed by atoms with E-state index in [-0.39, 0.29) is 28.8 Å². The van der Waals surface area contributed by atoms with Gasteiger partial charge in [0.1, 0.15) is 12.3 Å². The monoisotopic (exact) mass is 530 g/mol. The number of amides is 2. The van der Waals surface area contributed by atoms with E-state index in [1.165, 1.54) is 24.4 Å². The molecule has 2 amide bonds. The molecular formula is C29H27ClN4O4. The fourth-order valence-corrected chi connectivity index (χ4v) is 4.97. The van der Waals surface area contributed by atoms with Gasteiger partial charge in [0.05, 0.1) is 16.8 Å². The molecule has 0 spiro atoms. The lowest BCUT2D eigenvalue weighted by molar-refractivity contribution is -0.136. The highest BCUT2D eigenvalue weighted by molar-refractivity contribution is 6.32. The van der Waals surface area contributed by atoms with Crippen LogP contribution >= 0.6 is 11.6 Å². The number of phenols is 1. The van der Waals surface area contributed by atoms with Gasteiger partial charge in [-0.2, -0.15) is 5.10 Å². The van der Waals surface area contributed by atoms with Crippen molar-refractivity contribution in [1.29, 1.82) is 0 Å². The molecule has 0 saturated carbocycles. The fraction of sp³-hybridized carbons (Fsp3) is 0.207. The van der Waals surface area contributed by atoms with Crippen LogP contribution in [0.3, 0.4) is 0 Å². The summed E-state index contributed by atoms with van der Waals surface area (Å²) in [6.07, 6.45) is 4.34. The Balaban J connectivity index is 1.26. The molecular weight excluding hydrogens is 504 g/mol. The average molecular weight is 531 g/mol. The molecule has 1 aliphatic heterocycles. The molecule has 194 valence electrons. The topological polar surface area (TPSA) is 107 Å². The largest absolute Gasteiger partial charge is 0.506 e. The minimum atomic E-state index is -0.919. The van der Waals surface area contributed by atoms with Gasteiger partial charge >= 0.3 is 0 Å². The Morgan fingerprint density at radius 2 is 1.74 bits per heavy atom. The molecule has 0 unspecified atom stereocenters. The van der Waals surface area contributed by atoms with Crippen LogP contribution < -0.4 is 5.43 Å². The Bertz CT molecular complexity index is 1510. The summed E-state index contributed by atoms with van der Waals surface area (Å²) in [7, 11) is 0. The van der Waals surface area contributed by atoms with Gasteiger partial charge in [0.15, 0.2) is 0 Å². The van der Waals surface area contributed by atoms with Crippen LogP contribution in [0.15, 0.2) is 84.1 Å². The number of rotatable bonds is 6. The summed E-state index contributed by atoms with van der Waals surface area (Å²) in [6, 6.07) is 21.4. The molecule has 0 radical (unpaired) electrons. The summed E-state index contributed by atoms with van der Waals surface area (Å²) in [5.41, 5.74) is 4.31. The molecule has 3 aromatic carbocycles. The molecule has 5 rings (SSSR count). The van der Waals surface area contributed by atoms with Crippen molar-refractivity contribution in [2.45, 2.75) is 25.0 Å². The van der Waals surface area contributed by atoms with Crippen LogP contribution in [0.1, 0.15) is 34.3 Å². The van der Waals surface area contributed by atoms with E-state index in [1.807, 2.05) is 65.4 Å². The van der Waals surface area contributed by atoms with E-state index in [9.17, 15) is 19.8 Å². The van der Waals surface area contributed by atoms with Gasteiger partial charge in [-0.25, -0.2) is 5.43 Å². The number of aromatic nitrogens is 1. The molecule has 1 saturated heterocycles. The number of piperidine rings is 1. The van der Waals surface area contributed by atoms with Crippen molar-refractivity contribution >= 4 is 40.5 Å². The number of nitrogens with one attached hydrogen (secondary N) is 1. The van der Waals surface area contributed by atoms with Crippen molar-refractivity contribution in [3.05, 3.63) is 101 Å². The number of hydrazone groups is 1. The number of benzene rings is 3. The van der Waals surface area contributed by atoms with Crippen LogP contribution in [-0.4, -0.2) is 50.8 Å². The van der Waals surface area contributed by atoms with Crippen LogP contribution in [0, 0.1) is 0 Å². The summed E-state index contributed by atoms with van der Waals surface area (Å²) < 4.78 is 1.87. The van der Waals surface area contributed by atoms with Gasteiger partial charge in [0.25, 0.3) is 5.91 Å². The van der Waals surface area contributed by atoms with Gasteiger partial charge in [-0.05, 0) is 42.7 Å². The van der Waals surface area contributed by atoms with Crippen LogP contribution in [0.25, 0.3) is 10.9 Å². The molecule has 1 fully saturated rings. The highest BCUT2D eigenvalue weighted by Gasteiger charge is 2.35. The number of aliphatic hydroxyl groups is 1. The molecule has 38 heavy (non-hydrogen) atoms. The third kappa shape index (κ3) is 5.27. The van der Waals surface area contributed by atoms with Crippen molar-refractivity contribution in [2.75, 3.05) is 13.1 Å². The molecule has 8 nitrogen and oxygen atoms in total. The molecule has 3 N–H and O–H groups in total. The number of hydrogen-bond acceptors (Lipinski definition) is 5. The fourth-order valence-electron chi connectivity index (χ4n) is 4.79. The first-order valence-electron chi connectivity index (χ1n) is 12.3. The van der Waals surface area contributed by atoms with Crippen molar-refractivity contribution in [2.24, 2.45) is 5.10 Å². The summed E-state index contributed by atoms with van der Waals surface area (Å²) in [5, 5.41) is 25.7. The predicted molar refractivity (Wildman–Crippen MR) is 146 cm³/mol. The van der Waals surface area contributed by atoms with Gasteiger partial charge in [-0.3, -0.25) is 9.59 Å². The maximum absolute atomic E-state index is 13.2. The number of nitrogens with zero attached hydrogens (tertiary/aromatic N) is 3. The molecule has 9 heteroatoms. The third-order valence-corrected chi connectivity index (χ3v) is 7.26. The third-order valence-electron chi connectivity index (χ3n) is 6.96. The van der Waals surface area contributed by atoms with E-state index >= 15 is 0 Å². The summed E-state index contributed by atoms with van der Waals surface area (Å²) in [4.78, 5) is 27.4. The van der Waals surface area contributed by atoms with Gasteiger partial charge in [-0.15, -0.1) is 0 Å². The minimum absolute atomic E-state index is 0.0261. The Morgan fingerprint density at radius 3 is 2.47 bits per heavy atom. The maximum Gasteiger partial charge on any atom is 0.271 e. The number of carbonyl (C=O) groups is 2. The van der Waals surface area contributed by atoms with E-state index in [2.05, 4.69) is 10.5 Å². The first-order chi connectivity index (χ1) is 18.3. The summed E-state index contributed by atoms with van der Waals surface area (Å²) >= 11 is 5.88. The second kappa shape index (κ2) is 10.7. The maximum atomic E-state index is 13.2. The quantitative estimate of drug-likeness (QED) is 0.255. The van der Waals surface area contributed by atoms with E-state index in [0.29, 0.717) is 25.9 Å². The molecule has 1 aromatic heterocycles. The zero-order valence-corrected chi connectivity index (χ0v) is 21.3. The van der Waals surface area contributed by atoms with E-state index in [0.717, 1.165) is 22.0 Å². The smallest absolute Gasteiger partial charge is 0.271 e. The number of phenolic OH excluding ortho intramolecular Hbond substituents is 1. The van der Waals surface area contributed by atoms with Gasteiger partial charge in [0, 0.05) is 41.3 Å². The number of likely N-dealkylation sites (tertiary alicyclic amines) is 1. The normalized spacial score (nSPS) is 15.2. The summed E-state index contributed by atoms with van der Waals surface area (Å²) in [6.45, 7) is 1.10. The highest BCUT2D eigenvalue weighted by Crippen LogP contribution is 2.33. The number of para-hydroxylation sites is 1. The Labute approximate surface area is 224 Å². The average Bonchev–Trinajstić information content (AvgIpc) is 3.28. The lowest BCUT2D eigenvalue weighted by Gasteiger charge is -2.38. The molecule has 0 aliphatic carbocycles. The van der Waals surface area contributed by atoms with Crippen LogP contribution in [-0.2, 0) is 16.9 Å². The SMILES string of the molecule is O=C(N/N=C/c1cn(CC(=O)N2CCC(O)(c3ccccc3)CC2)c2ccccc12)c1ccc(O)c(Cl)c1. The zero-order valence-electron chi connectivity index (χ0n) is 20.5. The zero-order chi connectivity index (χ0) is 26.7. The number of fused-ring (bicyclic) bond motifs is 1. The van der Waals surface area contributed by atoms with E-state index < -0.39 is 11.5 Å². The van der Waals surface area contributed by atoms with Gasteiger partial charge < -0.3 is 19.7 Å². The number of hydrogen-bond donors (Lipinski definition) is 3. The van der Waals surface area contributed by atoms with E-state index in [1.54, 1.807) is 4.90 Å². The minimum Gasteiger partial charge on any atom is -0.506 e. The standard InChI is InChI=1S/C29H27ClN4O4/c30-24-16-20(10-11-26(24)35)28(37)32-31-17-21-18-34(25-9-5-4-8-23(21)25)19-27(36)33-14-12-29(38,13-15-33)22-6-2-1-3-7-22/h1-11,16-18,35,38H,12-15,19H2,(H,32,37)/b31-17+. The van der Waals surface area contributed by atoms with E-state index in [4.69, 9.17) is 11.6 Å². The lowest BCUT2D eigenvalue weighted by Crippen LogP contribution is -2.46. The van der Waals surface area contributed by atoms with Crippen molar-refractivity contribution < 1.29 is 19.8 Å². The predicted octanol–water partition coefficient (Wildman–Crippen LogP) is 4.27. The first-order valence-corrected chi connectivity index (χ1v) is 12.7. The lowest BCUT2D eigenvalue weighted by atomic mass is 9.84. The molecule has 0 bridgehead atoms. The van der Waals surface area contributed by atoms with Crippen molar-refractivity contribution in [3.63, 3.8) is 0 Å². The van der Waals surface area contributed by atoms with Gasteiger partial charge in [-0.1, -0.05) is 60.1 Å². The molecule has 0 atom stereocenters. The number of aromatic hydroxyl groups is 1. The van der Waals surface area contributed by atoms with Crippen LogP contribution in [0.4, 0.5) is 0 Å². The first kappa shape index (κ1) is 25.5. The van der Waals surface area contributed by atoms with Crippen molar-refractivity contribution in [3.8, 4) is 5.75 Å². The van der Waals surface area contributed by atoms with Crippen LogP contribution in [0.2, 0.25) is 5.02 Å². The Hall–Kier alpha value is -4.14. The highest BCUT2D eigenvalue weighted by atomic mass is 35.5. The van der Waals surface area contributed by atoms with Crippen molar-refractivity contribution in [1.82, 2.24) is 14.9 Å². The Morgan fingerprint density at radius 1 is 1.03 bits per heavy atom. The summed E-state index contributed by atoms with van der Waals surface area (Å²) in [5.74, 6) is -0.602. The molecule has 4 aromatic rings. The number of carbonyl (C=O) groups excluding carboxylic acids is 2. The second-order valence-electron chi connectivity index (χ2n) is 9.37. The molecule has 1 aliphatic rings. The number of halogens is 1. The second-order valence-corrected chi connectivity index (χ2v) is 9.78. The van der Waals surface area contributed by atoms with Crippen LogP contribution in [0.5, 0.6) is 5.75 Å². The molecule has 2 heterocycles. The Kier molecular flexibility index (Phi) is 7.18.